The molecule has 1 aromatic heterocycles. The smallest absolute Gasteiger partial charge is 0.409 e. The van der Waals surface area contributed by atoms with E-state index in [0.29, 0.717) is 17.1 Å². The first-order chi connectivity index (χ1) is 10.5. The summed E-state index contributed by atoms with van der Waals surface area (Å²) in [6.45, 7) is 9.41. The molecule has 1 atom stereocenters. The molecule has 1 unspecified atom stereocenters. The Hall–Kier alpha value is -1.76. The minimum atomic E-state index is -1.39. The third-order valence-electron chi connectivity index (χ3n) is 3.81. The van der Waals surface area contributed by atoms with Gasteiger partial charge in [0, 0.05) is 16.8 Å². The second-order valence-electron chi connectivity index (χ2n) is 7.16. The lowest BCUT2D eigenvalue weighted by molar-refractivity contribution is 0.209. The molecule has 0 bridgehead atoms. The lowest BCUT2D eigenvalue weighted by Crippen LogP contribution is -2.21. The second-order valence-corrected chi connectivity index (χ2v) is 9.06. The summed E-state index contributed by atoms with van der Waals surface area (Å²) in [7, 11) is -1.39. The van der Waals surface area contributed by atoms with Crippen LogP contribution >= 0.6 is 0 Å². The van der Waals surface area contributed by atoms with Gasteiger partial charge >= 0.3 is 6.09 Å². The molecule has 6 nitrogen and oxygen atoms in total. The molecule has 2 rings (SSSR count). The zero-order valence-corrected chi connectivity index (χ0v) is 15.0. The first-order valence-electron chi connectivity index (χ1n) is 7.51. The van der Waals surface area contributed by atoms with Crippen molar-refractivity contribution in [3.63, 3.8) is 0 Å². The van der Waals surface area contributed by atoms with Crippen molar-refractivity contribution in [3.05, 3.63) is 23.5 Å². The molecule has 2 N–H and O–H groups in total. The number of aromatic nitrogens is 1. The summed E-state index contributed by atoms with van der Waals surface area (Å²) < 4.78 is 16.0. The van der Waals surface area contributed by atoms with Crippen LogP contribution in [0.15, 0.2) is 16.5 Å². The number of nitrogens with zero attached hydrogens (tertiary/aromatic N) is 2. The highest BCUT2D eigenvalue weighted by Crippen LogP contribution is 2.47. The van der Waals surface area contributed by atoms with Crippen molar-refractivity contribution in [2.24, 2.45) is 4.40 Å². The number of hydrogen-bond acceptors (Lipinski definition) is 3. The van der Waals surface area contributed by atoms with Crippen molar-refractivity contribution in [2.45, 2.75) is 57.6 Å². The van der Waals surface area contributed by atoms with Gasteiger partial charge in [0.05, 0.1) is 16.2 Å². The van der Waals surface area contributed by atoms with Crippen LogP contribution in [0, 0.1) is 0 Å². The Labute approximate surface area is 139 Å². The summed E-state index contributed by atoms with van der Waals surface area (Å²) in [5.41, 5.74) is 2.39. The molecule has 7 heteroatoms. The van der Waals surface area contributed by atoms with Crippen molar-refractivity contribution >= 4 is 28.5 Å². The molecule has 1 amide bonds. The van der Waals surface area contributed by atoms with Crippen LogP contribution in [0.1, 0.15) is 58.8 Å². The molecule has 1 saturated carbocycles. The third-order valence-corrected chi connectivity index (χ3v) is 5.30. The lowest BCUT2D eigenvalue weighted by Gasteiger charge is -2.15. The average molecular weight is 337 g/mol. The topological polar surface area (TPSA) is 91.7 Å². The zero-order valence-electron chi connectivity index (χ0n) is 14.1. The number of anilines is 1. The van der Waals surface area contributed by atoms with Gasteiger partial charge in [-0.15, -0.1) is 0 Å². The Morgan fingerprint density at radius 1 is 1.39 bits per heavy atom. The first kappa shape index (κ1) is 17.6. The normalized spacial score (nSPS) is 18.4. The molecule has 126 valence electrons. The molecule has 1 fully saturated rings. The Bertz CT molecular complexity index is 688. The van der Waals surface area contributed by atoms with Gasteiger partial charge in [0.15, 0.2) is 0 Å². The van der Waals surface area contributed by atoms with E-state index in [1.807, 2.05) is 20.8 Å². The first-order valence-corrected chi connectivity index (χ1v) is 8.62. The number of carbonyl (C=O) groups is 1. The zero-order chi connectivity index (χ0) is 17.4. The van der Waals surface area contributed by atoms with Crippen molar-refractivity contribution in [3.8, 4) is 0 Å². The second kappa shape index (κ2) is 6.03. The Kier molecular flexibility index (Phi) is 4.61. The number of pyridine rings is 1. The summed E-state index contributed by atoms with van der Waals surface area (Å²) in [6.07, 6.45) is 0.932. The van der Waals surface area contributed by atoms with E-state index in [2.05, 4.69) is 21.6 Å². The van der Waals surface area contributed by atoms with E-state index in [1.54, 1.807) is 19.1 Å². The molecule has 0 saturated heterocycles. The van der Waals surface area contributed by atoms with Crippen LogP contribution in [0.4, 0.5) is 10.5 Å². The summed E-state index contributed by atoms with van der Waals surface area (Å²) in [6, 6.07) is 3.39. The molecule has 0 aliphatic heterocycles. The summed E-state index contributed by atoms with van der Waals surface area (Å²) in [5.74, 6) is 0. The molecule has 1 aliphatic carbocycles. The molecule has 23 heavy (non-hydrogen) atoms. The van der Waals surface area contributed by atoms with E-state index in [9.17, 15) is 9.00 Å². The number of carboxylic acid groups (broad SMARTS) is 1. The van der Waals surface area contributed by atoms with Gasteiger partial charge in [-0.1, -0.05) is 6.92 Å². The van der Waals surface area contributed by atoms with Crippen LogP contribution in [-0.4, -0.2) is 30.9 Å². The van der Waals surface area contributed by atoms with Gasteiger partial charge in [0.1, 0.15) is 11.0 Å². The van der Waals surface area contributed by atoms with E-state index in [4.69, 9.17) is 5.11 Å². The van der Waals surface area contributed by atoms with Crippen molar-refractivity contribution in [1.82, 2.24) is 4.98 Å². The van der Waals surface area contributed by atoms with Crippen LogP contribution in [-0.2, 0) is 16.4 Å². The van der Waals surface area contributed by atoms with Gasteiger partial charge in [-0.3, -0.25) is 10.3 Å². The summed E-state index contributed by atoms with van der Waals surface area (Å²) >= 11 is 0. The summed E-state index contributed by atoms with van der Waals surface area (Å²) in [4.78, 5) is 15.5. The molecule has 1 heterocycles. The third kappa shape index (κ3) is 4.37. The van der Waals surface area contributed by atoms with Crippen LogP contribution < -0.4 is 5.32 Å². The van der Waals surface area contributed by atoms with E-state index in [-0.39, 0.29) is 5.41 Å². The van der Waals surface area contributed by atoms with Crippen molar-refractivity contribution in [2.75, 3.05) is 5.32 Å². The fourth-order valence-electron chi connectivity index (χ4n) is 1.97. The maximum absolute atomic E-state index is 12.2. The predicted molar refractivity (Wildman–Crippen MR) is 92.6 cm³/mol. The molecular weight excluding hydrogens is 314 g/mol. The van der Waals surface area contributed by atoms with Crippen LogP contribution in [0.25, 0.3) is 0 Å². The Balaban J connectivity index is 2.42. The van der Waals surface area contributed by atoms with Gasteiger partial charge in [-0.25, -0.2) is 9.00 Å². The number of rotatable bonds is 4. The quantitative estimate of drug-likeness (QED) is 0.823. The van der Waals surface area contributed by atoms with E-state index < -0.39 is 21.8 Å². The average Bonchev–Trinajstić information content (AvgIpc) is 3.15. The number of amides is 1. The van der Waals surface area contributed by atoms with E-state index in [0.717, 1.165) is 18.5 Å². The van der Waals surface area contributed by atoms with Crippen molar-refractivity contribution < 1.29 is 14.1 Å². The van der Waals surface area contributed by atoms with Gasteiger partial charge < -0.3 is 5.11 Å². The molecule has 1 aromatic rings. The van der Waals surface area contributed by atoms with Gasteiger partial charge in [-0.05, 0) is 52.7 Å². The highest BCUT2D eigenvalue weighted by atomic mass is 32.2. The molecule has 0 radical (unpaired) electrons. The molecular formula is C16H23N3O3S. The molecule has 0 spiro atoms. The van der Waals surface area contributed by atoms with E-state index in [1.165, 1.54) is 0 Å². The maximum atomic E-state index is 12.2. The highest BCUT2D eigenvalue weighted by molar-refractivity contribution is 7.85. The molecule has 0 aromatic carbocycles. The maximum Gasteiger partial charge on any atom is 0.409 e. The van der Waals surface area contributed by atoms with Crippen LogP contribution in [0.2, 0.25) is 0 Å². The van der Waals surface area contributed by atoms with Gasteiger partial charge in [-0.2, -0.15) is 4.40 Å². The number of hydrogen-bond donors (Lipinski definition) is 2. The Morgan fingerprint density at radius 2 is 2.00 bits per heavy atom. The van der Waals surface area contributed by atoms with Crippen molar-refractivity contribution in [1.29, 1.82) is 0 Å². The standard InChI is InChI=1S/C16H23N3O3S/c1-10(19-23(22)15(2,3)4)12-8-11(17-14(20)21)9-13(18-12)16(5)6-7-16/h8-9H,6-7H2,1-5H3,(H,17,18)(H,20,21). The minimum absolute atomic E-state index is 0.00555. The highest BCUT2D eigenvalue weighted by Gasteiger charge is 2.41. The van der Waals surface area contributed by atoms with Gasteiger partial charge in [0.2, 0.25) is 0 Å². The molecule has 1 aliphatic rings. The monoisotopic (exact) mass is 337 g/mol. The summed E-state index contributed by atoms with van der Waals surface area (Å²) in [5, 5.41) is 11.3. The Morgan fingerprint density at radius 3 is 2.48 bits per heavy atom. The SMILES string of the molecule is CC(=NS(=O)C(C)(C)C)c1cc(NC(=O)O)cc(C2(C)CC2)n1. The van der Waals surface area contributed by atoms with Crippen LogP contribution in [0.5, 0.6) is 0 Å². The van der Waals surface area contributed by atoms with Crippen LogP contribution in [0.3, 0.4) is 0 Å². The predicted octanol–water partition coefficient (Wildman–Crippen LogP) is 3.49. The lowest BCUT2D eigenvalue weighted by atomic mass is 10.0. The van der Waals surface area contributed by atoms with E-state index >= 15 is 0 Å². The minimum Gasteiger partial charge on any atom is -0.465 e. The fraction of sp³-hybridized carbons (Fsp3) is 0.562. The largest absolute Gasteiger partial charge is 0.465 e. The number of nitrogens with one attached hydrogen (secondary N) is 1. The fourth-order valence-corrected chi connectivity index (χ4v) is 2.59. The van der Waals surface area contributed by atoms with Gasteiger partial charge in [0.25, 0.3) is 0 Å².